The number of urea groups is 1. The highest BCUT2D eigenvalue weighted by Crippen LogP contribution is 2.53. The molecule has 0 aliphatic heterocycles. The lowest BCUT2D eigenvalue weighted by molar-refractivity contribution is -0.348. The first-order valence-corrected chi connectivity index (χ1v) is 23.8. The van der Waals surface area contributed by atoms with E-state index in [1.165, 1.54) is 56.3 Å². The highest BCUT2D eigenvalue weighted by molar-refractivity contribution is 14.1. The summed E-state index contributed by atoms with van der Waals surface area (Å²) >= 11 is 1.77. The van der Waals surface area contributed by atoms with Gasteiger partial charge in [0.1, 0.15) is 15.6 Å². The van der Waals surface area contributed by atoms with Crippen molar-refractivity contribution < 1.29 is 84.6 Å². The fourth-order valence-corrected chi connectivity index (χ4v) is 8.82. The van der Waals surface area contributed by atoms with Crippen LogP contribution in [-0.2, 0) is 28.1 Å². The van der Waals surface area contributed by atoms with Crippen molar-refractivity contribution in [3.8, 4) is 11.8 Å². The Morgan fingerprint density at radius 3 is 1.85 bits per heavy atom. The summed E-state index contributed by atoms with van der Waals surface area (Å²) in [5.41, 5.74) is -6.87. The molecule has 74 heavy (non-hydrogen) atoms. The fourth-order valence-electron chi connectivity index (χ4n) is 6.69. The van der Waals surface area contributed by atoms with Crippen molar-refractivity contribution in [1.82, 2.24) is 10.7 Å². The van der Waals surface area contributed by atoms with E-state index < -0.39 is 86.4 Å². The Balaban J connectivity index is 0.000000321. The molecular weight excluding hydrogens is 1150 g/mol. The van der Waals surface area contributed by atoms with Gasteiger partial charge in [-0.15, -0.1) is 13.2 Å². The van der Waals surface area contributed by atoms with E-state index in [-0.39, 0.29) is 51.8 Å². The quantitative estimate of drug-likeness (QED) is 0.0392. The first-order chi connectivity index (χ1) is 33.9. The lowest BCUT2D eigenvalue weighted by Crippen LogP contribution is -2.50. The second-order valence-electron chi connectivity index (χ2n) is 16.5. The maximum atomic E-state index is 14.4. The monoisotopic (exact) mass is 1190 g/mol. The number of anilines is 2. The van der Waals surface area contributed by atoms with Crippen LogP contribution in [-0.4, -0.2) is 68.2 Å². The summed E-state index contributed by atoms with van der Waals surface area (Å²) in [5, 5.41) is 20.1. The average molecular weight is 1190 g/mol. The zero-order valence-corrected chi connectivity index (χ0v) is 41.3. The molecule has 12 nitrogen and oxygen atoms in total. The highest BCUT2D eigenvalue weighted by atomic mass is 127. The van der Waals surface area contributed by atoms with Gasteiger partial charge in [0.05, 0.1) is 39.8 Å². The van der Waals surface area contributed by atoms with Gasteiger partial charge in [-0.05, 0) is 127 Å². The van der Waals surface area contributed by atoms with Crippen LogP contribution in [0.15, 0.2) is 114 Å². The van der Waals surface area contributed by atoms with Gasteiger partial charge in [0.2, 0.25) is 0 Å². The van der Waals surface area contributed by atoms with Crippen molar-refractivity contribution >= 4 is 67.4 Å². The SMILES string of the molecule is Cc1cc(C(F)(C(F)(F)F)C(F)(F)F)ccc1NC(=O)c1cccc(I)c1C(=O)NC(C)(C)CS(C)(=O)=O.N#Cc1ccc(CC(=NNC(=O)Nc2ccc(OC(F)(F)F)cc2)c2cccc(C(F)(F)F)c2)cc1. The number of carbonyl (C=O) groups is 3. The smallest absolute Gasteiger partial charge is 0.406 e. The zero-order chi connectivity index (χ0) is 55.8. The minimum Gasteiger partial charge on any atom is -0.406 e. The summed E-state index contributed by atoms with van der Waals surface area (Å²) in [6.07, 6.45) is -21.0. The van der Waals surface area contributed by atoms with Gasteiger partial charge < -0.3 is 20.7 Å². The van der Waals surface area contributed by atoms with Crippen molar-refractivity contribution in [3.05, 3.63) is 157 Å². The van der Waals surface area contributed by atoms with Crippen LogP contribution < -0.4 is 26.1 Å². The van der Waals surface area contributed by atoms with Gasteiger partial charge in [-0.1, -0.05) is 42.5 Å². The van der Waals surface area contributed by atoms with Crippen molar-refractivity contribution in [2.75, 3.05) is 22.6 Å². The number of nitriles is 1. The Bertz CT molecular complexity index is 3030. The normalized spacial score (nSPS) is 12.6. The number of nitrogens with one attached hydrogen (secondary N) is 4. The van der Waals surface area contributed by atoms with Crippen molar-refractivity contribution in [3.63, 3.8) is 0 Å². The van der Waals surface area contributed by atoms with E-state index >= 15 is 0 Å². The number of nitrogens with zero attached hydrogens (tertiary/aromatic N) is 2. The molecule has 0 fully saturated rings. The molecule has 0 heterocycles. The van der Waals surface area contributed by atoms with Gasteiger partial charge >= 0.3 is 36.6 Å². The third-order valence-electron chi connectivity index (χ3n) is 9.83. The van der Waals surface area contributed by atoms with Gasteiger partial charge in [0.25, 0.3) is 11.8 Å². The third-order valence-corrected chi connectivity index (χ3v) is 12.0. The van der Waals surface area contributed by atoms with E-state index in [0.717, 1.165) is 49.6 Å². The van der Waals surface area contributed by atoms with E-state index in [4.69, 9.17) is 5.26 Å². The topological polar surface area (TPSA) is 179 Å². The number of hydrogen-bond acceptors (Lipinski definition) is 8. The molecule has 0 aliphatic rings. The summed E-state index contributed by atoms with van der Waals surface area (Å²) in [7, 11) is -3.49. The van der Waals surface area contributed by atoms with Crippen LogP contribution in [0.1, 0.15) is 67.9 Å². The van der Waals surface area contributed by atoms with E-state index in [0.29, 0.717) is 26.8 Å². The van der Waals surface area contributed by atoms with Crippen LogP contribution in [0.5, 0.6) is 5.75 Å². The first-order valence-electron chi connectivity index (χ1n) is 20.6. The number of hydrazone groups is 1. The maximum Gasteiger partial charge on any atom is 0.573 e. The van der Waals surface area contributed by atoms with Gasteiger partial charge in [-0.2, -0.15) is 49.9 Å². The van der Waals surface area contributed by atoms with E-state index in [1.807, 2.05) is 6.07 Å². The lowest BCUT2D eigenvalue weighted by atomic mass is 9.92. The van der Waals surface area contributed by atoms with Crippen LogP contribution in [0.3, 0.4) is 0 Å². The summed E-state index contributed by atoms with van der Waals surface area (Å²) in [6, 6.07) is 21.5. The molecule has 0 saturated carbocycles. The average Bonchev–Trinajstić information content (AvgIpc) is 3.26. The minimum atomic E-state index is -6.30. The van der Waals surface area contributed by atoms with Gasteiger partial charge in [0.15, 0.2) is 0 Å². The van der Waals surface area contributed by atoms with Gasteiger partial charge in [-0.3, -0.25) is 9.59 Å². The van der Waals surface area contributed by atoms with Crippen LogP contribution >= 0.6 is 22.6 Å². The number of benzene rings is 5. The number of carbonyl (C=O) groups excluding carboxylic acids is 3. The third kappa shape index (κ3) is 16.5. The van der Waals surface area contributed by atoms with Gasteiger partial charge in [0, 0.05) is 38.7 Å². The molecule has 0 spiro atoms. The second-order valence-corrected chi connectivity index (χ2v) is 19.8. The fraction of sp³-hybridized carbons (Fsp3) is 0.255. The predicted molar refractivity (Wildman–Crippen MR) is 253 cm³/mol. The number of rotatable bonds is 13. The standard InChI is InChI=1S/C24H16F6N4O2.C23H22F7IN2O4S/c25-23(26,27)18-3-1-2-17(13-18)21(12-15-4-6-16(14-31)7-5-15)33-34-22(35)32-19-8-10-20(11-9-19)36-24(28,29)30;1-12-10-13(21(24,22(25,26)27)23(28,29)30)8-9-16(12)32-18(34)14-6-5-7-15(31)17(14)19(35)33-20(2,3)11-38(4,36)37/h1-11,13H,12H2,(H2,32,34,35);5-10H,11H2,1-4H3,(H,32,34)(H,33,35). The molecule has 27 heteroatoms. The van der Waals surface area contributed by atoms with Crippen LogP contribution in [0.2, 0.25) is 0 Å². The van der Waals surface area contributed by atoms with Crippen LogP contribution in [0.25, 0.3) is 0 Å². The number of sulfone groups is 1. The molecule has 5 aromatic rings. The molecule has 396 valence electrons. The first kappa shape index (κ1) is 59.6. The number of aryl methyl sites for hydroxylation is 1. The second kappa shape index (κ2) is 23.1. The van der Waals surface area contributed by atoms with Gasteiger partial charge in [-0.25, -0.2) is 23.0 Å². The van der Waals surface area contributed by atoms with Crippen molar-refractivity contribution in [2.24, 2.45) is 5.10 Å². The molecule has 0 unspecified atom stereocenters. The Morgan fingerprint density at radius 1 is 0.730 bits per heavy atom. The zero-order valence-electron chi connectivity index (χ0n) is 38.4. The number of halogens is 14. The number of ether oxygens (including phenoxy) is 1. The predicted octanol–water partition coefficient (Wildman–Crippen LogP) is 11.9. The molecule has 4 amide bonds. The van der Waals surface area contributed by atoms with E-state index in [9.17, 15) is 79.9 Å². The minimum absolute atomic E-state index is 0.0246. The van der Waals surface area contributed by atoms with Crippen LogP contribution in [0.4, 0.5) is 73.2 Å². The van der Waals surface area contributed by atoms with E-state index in [1.54, 1.807) is 34.7 Å². The molecule has 0 radical (unpaired) electrons. The molecule has 0 aromatic heterocycles. The summed E-state index contributed by atoms with van der Waals surface area (Å²) < 4.78 is 197. The number of hydrogen-bond donors (Lipinski definition) is 4. The summed E-state index contributed by atoms with van der Waals surface area (Å²) in [4.78, 5) is 38.3. The Hall–Kier alpha value is -6.96. The molecule has 4 N–H and O–H groups in total. The highest BCUT2D eigenvalue weighted by Gasteiger charge is 2.73. The molecule has 5 rings (SSSR count). The van der Waals surface area contributed by atoms with Crippen molar-refractivity contribution in [1.29, 1.82) is 5.26 Å². The molecular formula is C47H38F13IN6O6S. The van der Waals surface area contributed by atoms with Crippen LogP contribution in [0, 0.1) is 21.8 Å². The molecule has 0 aliphatic carbocycles. The summed E-state index contributed by atoms with van der Waals surface area (Å²) in [5.74, 6) is -2.63. The Kier molecular flexibility index (Phi) is 18.6. The van der Waals surface area contributed by atoms with E-state index in [2.05, 4.69) is 31.2 Å². The molecule has 0 saturated heterocycles. The van der Waals surface area contributed by atoms with Crippen molar-refractivity contribution in [2.45, 2.75) is 63.3 Å². The number of alkyl halides is 13. The summed E-state index contributed by atoms with van der Waals surface area (Å²) in [6.45, 7) is 3.99. The molecule has 5 aromatic carbocycles. The Morgan fingerprint density at radius 2 is 1.32 bits per heavy atom. The largest absolute Gasteiger partial charge is 0.573 e. The number of amides is 4. The Labute approximate surface area is 426 Å². The lowest BCUT2D eigenvalue weighted by Gasteiger charge is -2.30. The molecule has 0 bridgehead atoms. The maximum absolute atomic E-state index is 14.4. The molecule has 0 atom stereocenters.